The van der Waals surface area contributed by atoms with Gasteiger partial charge in [0.15, 0.2) is 0 Å². The van der Waals surface area contributed by atoms with Crippen LogP contribution in [0.4, 0.5) is 0 Å². The minimum absolute atomic E-state index is 0.0250. The van der Waals surface area contributed by atoms with Crippen LogP contribution in [0.2, 0.25) is 0 Å². The number of rotatable bonds is 7. The van der Waals surface area contributed by atoms with Gasteiger partial charge in [0.05, 0.1) is 30.2 Å². The molecule has 2 aromatic carbocycles. The van der Waals surface area contributed by atoms with Gasteiger partial charge in [-0.15, -0.1) is 0 Å². The maximum absolute atomic E-state index is 13.0. The van der Waals surface area contributed by atoms with E-state index in [0.717, 1.165) is 20.3 Å². The molecule has 0 saturated carbocycles. The van der Waals surface area contributed by atoms with E-state index in [2.05, 4.69) is 14.2 Å². The fourth-order valence-corrected chi connectivity index (χ4v) is 4.55. The van der Waals surface area contributed by atoms with Crippen molar-refractivity contribution in [3.63, 3.8) is 0 Å². The van der Waals surface area contributed by atoms with E-state index in [1.54, 1.807) is 37.4 Å². The molecule has 2 atom stereocenters. The predicted molar refractivity (Wildman–Crippen MR) is 107 cm³/mol. The van der Waals surface area contributed by atoms with Gasteiger partial charge in [0, 0.05) is 28.0 Å². The van der Waals surface area contributed by atoms with E-state index in [1.807, 2.05) is 0 Å². The number of benzene rings is 2. The van der Waals surface area contributed by atoms with Crippen LogP contribution in [0.25, 0.3) is 0 Å². The molecule has 29 heavy (non-hydrogen) atoms. The molecule has 156 valence electrons. The molecule has 2 aromatic rings. The normalized spacial score (nSPS) is 13.4. The molecule has 0 spiro atoms. The second-order valence-corrected chi connectivity index (χ2v) is 9.12. The molecule has 0 saturated heterocycles. The number of hydrogen-bond acceptors (Lipinski definition) is 7. The van der Waals surface area contributed by atoms with Crippen LogP contribution in [-0.4, -0.2) is 45.0 Å². The van der Waals surface area contributed by atoms with Crippen molar-refractivity contribution < 1.29 is 31.7 Å². The van der Waals surface area contributed by atoms with Crippen LogP contribution in [0.1, 0.15) is 39.2 Å². The van der Waals surface area contributed by atoms with Gasteiger partial charge in [-0.2, -0.15) is 0 Å². The number of carbonyl (C=O) groups is 2. The van der Waals surface area contributed by atoms with Crippen LogP contribution in [-0.2, 0) is 30.3 Å². The van der Waals surface area contributed by atoms with Crippen LogP contribution in [0.15, 0.2) is 52.3 Å². The van der Waals surface area contributed by atoms with E-state index in [4.69, 9.17) is 0 Å². The van der Waals surface area contributed by atoms with E-state index in [9.17, 15) is 22.2 Å². The smallest absolute Gasteiger partial charge is 0.339 e. The highest BCUT2D eigenvalue weighted by atomic mass is 32.2. The zero-order valence-electron chi connectivity index (χ0n) is 16.3. The first-order valence-corrected chi connectivity index (χ1v) is 11.4. The highest BCUT2D eigenvalue weighted by Crippen LogP contribution is 2.23. The zero-order chi connectivity index (χ0) is 21.8. The largest absolute Gasteiger partial charge is 0.465 e. The van der Waals surface area contributed by atoms with Crippen molar-refractivity contribution in [1.29, 1.82) is 0 Å². The van der Waals surface area contributed by atoms with Gasteiger partial charge in [-0.1, -0.05) is 12.1 Å². The van der Waals surface area contributed by atoms with Gasteiger partial charge < -0.3 is 9.47 Å². The summed E-state index contributed by atoms with van der Waals surface area (Å²) >= 11 is 0. The molecule has 0 radical (unpaired) electrons. The number of nitrogens with one attached hydrogen (secondary N) is 1. The Labute approximate surface area is 171 Å². The van der Waals surface area contributed by atoms with Crippen molar-refractivity contribution in [2.45, 2.75) is 22.8 Å². The van der Waals surface area contributed by atoms with Gasteiger partial charge in [-0.3, -0.25) is 4.21 Å². The summed E-state index contributed by atoms with van der Waals surface area (Å²) in [4.78, 5) is 24.0. The van der Waals surface area contributed by atoms with E-state index >= 15 is 0 Å². The topological polar surface area (TPSA) is 116 Å². The Balaban J connectivity index is 2.43. The molecule has 8 nitrogen and oxygen atoms in total. The minimum atomic E-state index is -4.20. The molecular weight excluding hydrogens is 418 g/mol. The first-order chi connectivity index (χ1) is 13.6. The van der Waals surface area contributed by atoms with E-state index in [0.29, 0.717) is 10.5 Å². The molecule has 0 heterocycles. The molecule has 0 bridgehead atoms. The van der Waals surface area contributed by atoms with E-state index in [1.165, 1.54) is 12.1 Å². The molecule has 0 aromatic heterocycles. The lowest BCUT2D eigenvalue weighted by Crippen LogP contribution is -2.29. The van der Waals surface area contributed by atoms with Gasteiger partial charge >= 0.3 is 11.9 Å². The highest BCUT2D eigenvalue weighted by Gasteiger charge is 2.27. The Kier molecular flexibility index (Phi) is 7.28. The highest BCUT2D eigenvalue weighted by molar-refractivity contribution is 7.89. The Bertz CT molecular complexity index is 1050. The van der Waals surface area contributed by atoms with Gasteiger partial charge in [0.2, 0.25) is 10.0 Å². The van der Waals surface area contributed by atoms with Crippen molar-refractivity contribution in [2.24, 2.45) is 0 Å². The number of carbonyl (C=O) groups excluding carboxylic acids is 2. The quantitative estimate of drug-likeness (QED) is 0.656. The molecule has 0 aliphatic heterocycles. The van der Waals surface area contributed by atoms with E-state index in [-0.39, 0.29) is 11.1 Å². The summed E-state index contributed by atoms with van der Waals surface area (Å²) in [6.07, 6.45) is 1.55. The summed E-state index contributed by atoms with van der Waals surface area (Å²) in [7, 11) is -3.06. The molecule has 2 rings (SSSR count). The molecule has 10 heteroatoms. The second-order valence-electron chi connectivity index (χ2n) is 6.06. The zero-order valence-corrected chi connectivity index (χ0v) is 17.9. The average molecular weight is 440 g/mol. The average Bonchev–Trinajstić information content (AvgIpc) is 2.71. The van der Waals surface area contributed by atoms with Crippen molar-refractivity contribution in [3.8, 4) is 0 Å². The third-order valence-corrected chi connectivity index (χ3v) is 6.66. The summed E-state index contributed by atoms with van der Waals surface area (Å²) in [6, 6.07) is 9.50. The molecule has 0 aliphatic rings. The lowest BCUT2D eigenvalue weighted by atomic mass is 10.1. The fraction of sp³-hybridized carbons (Fsp3) is 0.263. The summed E-state index contributed by atoms with van der Waals surface area (Å²) in [5, 5.41) is 0. The van der Waals surface area contributed by atoms with Crippen molar-refractivity contribution in [1.82, 2.24) is 4.72 Å². The Morgan fingerprint density at radius 3 is 2.10 bits per heavy atom. The summed E-state index contributed by atoms with van der Waals surface area (Å²) in [5.41, 5.74) is 0.394. The lowest BCUT2D eigenvalue weighted by Gasteiger charge is -2.17. The number of hydrogen-bond donors (Lipinski definition) is 1. The first-order valence-electron chi connectivity index (χ1n) is 8.37. The maximum Gasteiger partial charge on any atom is 0.339 e. The number of ether oxygens (including phenoxy) is 2. The molecule has 0 fully saturated rings. The second kappa shape index (κ2) is 9.29. The molecule has 0 unspecified atom stereocenters. The predicted octanol–water partition coefficient (Wildman–Crippen LogP) is 2.04. The fourth-order valence-electron chi connectivity index (χ4n) is 2.58. The van der Waals surface area contributed by atoms with Gasteiger partial charge in [0.25, 0.3) is 0 Å². The summed E-state index contributed by atoms with van der Waals surface area (Å²) in [6.45, 7) is 1.62. The Morgan fingerprint density at radius 2 is 1.59 bits per heavy atom. The standard InChI is InChI=1S/C19H21NO7S2/c1-12(13-5-8-15(9-6-13)28(4)23)20-29(24,25)17-11-14(18(21)26-2)7-10-16(17)19(22)27-3/h5-12,20H,1-4H3/t12-,28-/m1/s1. The first kappa shape index (κ1) is 22.7. The molecule has 0 aliphatic carbocycles. The van der Waals surface area contributed by atoms with Crippen molar-refractivity contribution in [3.05, 3.63) is 59.2 Å². The van der Waals surface area contributed by atoms with E-state index < -0.39 is 43.7 Å². The van der Waals surface area contributed by atoms with Crippen LogP contribution >= 0.6 is 0 Å². The number of sulfonamides is 1. The van der Waals surface area contributed by atoms with Crippen LogP contribution < -0.4 is 4.72 Å². The Morgan fingerprint density at radius 1 is 1.00 bits per heavy atom. The third-order valence-electron chi connectivity index (χ3n) is 4.14. The number of esters is 2. The Hall–Kier alpha value is -2.56. The van der Waals surface area contributed by atoms with Gasteiger partial charge in [-0.05, 0) is 42.8 Å². The monoisotopic (exact) mass is 439 g/mol. The molecule has 0 amide bonds. The van der Waals surface area contributed by atoms with Crippen molar-refractivity contribution in [2.75, 3.05) is 20.5 Å². The van der Waals surface area contributed by atoms with Crippen LogP contribution in [0.5, 0.6) is 0 Å². The number of methoxy groups -OCH3 is 2. The van der Waals surface area contributed by atoms with Gasteiger partial charge in [-0.25, -0.2) is 22.7 Å². The summed E-state index contributed by atoms with van der Waals surface area (Å²) in [5.74, 6) is -1.60. The maximum atomic E-state index is 13.0. The minimum Gasteiger partial charge on any atom is -0.465 e. The lowest BCUT2D eigenvalue weighted by molar-refractivity contribution is 0.0583. The SMILES string of the molecule is COC(=O)c1ccc(C(=O)OC)c(S(=O)(=O)N[C@H](C)c2ccc([S@@](C)=O)cc2)c1. The molecule has 1 N–H and O–H groups in total. The van der Waals surface area contributed by atoms with Crippen LogP contribution in [0, 0.1) is 0 Å². The van der Waals surface area contributed by atoms with Gasteiger partial charge in [0.1, 0.15) is 0 Å². The van der Waals surface area contributed by atoms with Crippen LogP contribution in [0.3, 0.4) is 0 Å². The van der Waals surface area contributed by atoms with Crippen molar-refractivity contribution >= 4 is 32.8 Å². The molecular formula is C19H21NO7S2. The summed E-state index contributed by atoms with van der Waals surface area (Å²) < 4.78 is 49.2. The third kappa shape index (κ3) is 5.28.